The number of carbonyl (C=O) groups excluding carboxylic acids is 1. The maximum atomic E-state index is 12.4. The van der Waals surface area contributed by atoms with E-state index in [0.717, 1.165) is 43.6 Å². The van der Waals surface area contributed by atoms with E-state index in [2.05, 4.69) is 6.92 Å². The van der Waals surface area contributed by atoms with E-state index < -0.39 is 0 Å². The number of unbranched alkanes of at least 4 members (excludes halogenated alkanes) is 1. The molecule has 2 aromatic carbocycles. The highest BCUT2D eigenvalue weighted by molar-refractivity contribution is 5.91. The Balaban J connectivity index is 1.24. The van der Waals surface area contributed by atoms with Gasteiger partial charge in [-0.3, -0.25) is 0 Å². The van der Waals surface area contributed by atoms with Crippen molar-refractivity contribution in [3.05, 3.63) is 54.1 Å². The lowest BCUT2D eigenvalue weighted by molar-refractivity contribution is 0.0734. The van der Waals surface area contributed by atoms with Gasteiger partial charge < -0.3 is 18.9 Å². The monoisotopic (exact) mass is 396 g/mol. The summed E-state index contributed by atoms with van der Waals surface area (Å²) in [5, 5.41) is 0. The van der Waals surface area contributed by atoms with E-state index in [-0.39, 0.29) is 5.97 Å². The molecule has 1 saturated heterocycles. The first kappa shape index (κ1) is 19.8. The zero-order valence-electron chi connectivity index (χ0n) is 16.8. The topological polar surface area (TPSA) is 57.3 Å². The second-order valence-corrected chi connectivity index (χ2v) is 7.79. The van der Waals surface area contributed by atoms with Crippen LogP contribution in [-0.2, 0) is 4.74 Å². The number of benzene rings is 2. The molecular formula is C24H28O5. The van der Waals surface area contributed by atoms with E-state index >= 15 is 0 Å². The molecule has 154 valence electrons. The van der Waals surface area contributed by atoms with Crippen molar-refractivity contribution in [2.75, 3.05) is 13.2 Å². The minimum Gasteiger partial charge on any atom is -0.494 e. The molecule has 5 heteroatoms. The Morgan fingerprint density at radius 2 is 1.62 bits per heavy atom. The van der Waals surface area contributed by atoms with Gasteiger partial charge in [-0.2, -0.15) is 0 Å². The van der Waals surface area contributed by atoms with Gasteiger partial charge in [0.25, 0.3) is 0 Å². The van der Waals surface area contributed by atoms with Crippen LogP contribution in [0.25, 0.3) is 0 Å². The zero-order chi connectivity index (χ0) is 20.1. The predicted octanol–water partition coefficient (Wildman–Crippen LogP) is 5.03. The van der Waals surface area contributed by atoms with Crippen molar-refractivity contribution in [1.29, 1.82) is 0 Å². The summed E-state index contributed by atoms with van der Waals surface area (Å²) in [4.78, 5) is 12.4. The molecule has 2 aliphatic rings. The predicted molar refractivity (Wildman–Crippen MR) is 110 cm³/mol. The van der Waals surface area contributed by atoms with E-state index in [1.807, 2.05) is 24.3 Å². The van der Waals surface area contributed by atoms with Crippen LogP contribution in [0.3, 0.4) is 0 Å². The van der Waals surface area contributed by atoms with Crippen LogP contribution >= 0.6 is 0 Å². The SMILES string of the molecule is CCCCOc1ccc(OC(=O)c2ccc(OCC3CCC4OC4C3)cc2)cc1. The van der Waals surface area contributed by atoms with Gasteiger partial charge in [-0.1, -0.05) is 13.3 Å². The van der Waals surface area contributed by atoms with Crippen molar-refractivity contribution in [1.82, 2.24) is 0 Å². The number of ether oxygens (including phenoxy) is 4. The number of hydrogen-bond acceptors (Lipinski definition) is 5. The Morgan fingerprint density at radius 3 is 2.34 bits per heavy atom. The van der Waals surface area contributed by atoms with E-state index in [0.29, 0.717) is 42.7 Å². The molecule has 4 rings (SSSR count). The lowest BCUT2D eigenvalue weighted by Gasteiger charge is -2.19. The standard InChI is InChI=1S/C24H28O5/c1-2-3-14-26-19-9-11-21(12-10-19)28-24(25)18-5-7-20(8-6-18)27-16-17-4-13-22-23(15-17)29-22/h5-12,17,22-23H,2-4,13-16H2,1H3. The molecule has 0 amide bonds. The van der Waals surface area contributed by atoms with Gasteiger partial charge in [0.1, 0.15) is 17.2 Å². The molecule has 1 heterocycles. The Hall–Kier alpha value is -2.53. The lowest BCUT2D eigenvalue weighted by atomic mass is 9.90. The molecular weight excluding hydrogens is 368 g/mol. The van der Waals surface area contributed by atoms with Crippen molar-refractivity contribution in [3.8, 4) is 17.2 Å². The van der Waals surface area contributed by atoms with Crippen LogP contribution in [-0.4, -0.2) is 31.4 Å². The molecule has 0 aromatic heterocycles. The first-order valence-electron chi connectivity index (χ1n) is 10.5. The molecule has 0 spiro atoms. The summed E-state index contributed by atoms with van der Waals surface area (Å²) >= 11 is 0. The fourth-order valence-corrected chi connectivity index (χ4v) is 3.64. The van der Waals surface area contributed by atoms with Crippen molar-refractivity contribution >= 4 is 5.97 Å². The number of epoxide rings is 1. The highest BCUT2D eigenvalue weighted by Crippen LogP contribution is 2.39. The van der Waals surface area contributed by atoms with Gasteiger partial charge in [-0.15, -0.1) is 0 Å². The van der Waals surface area contributed by atoms with Gasteiger partial charge in [0, 0.05) is 0 Å². The molecule has 2 fully saturated rings. The largest absolute Gasteiger partial charge is 0.494 e. The van der Waals surface area contributed by atoms with Crippen LogP contribution in [0.2, 0.25) is 0 Å². The third-order valence-electron chi connectivity index (χ3n) is 5.49. The average molecular weight is 396 g/mol. The number of esters is 1. The molecule has 29 heavy (non-hydrogen) atoms. The van der Waals surface area contributed by atoms with Crippen molar-refractivity contribution in [2.45, 2.75) is 51.2 Å². The van der Waals surface area contributed by atoms with Crippen molar-refractivity contribution in [2.24, 2.45) is 5.92 Å². The number of carbonyl (C=O) groups is 1. The summed E-state index contributed by atoms with van der Waals surface area (Å²) in [5.74, 6) is 2.21. The molecule has 1 aliphatic carbocycles. The van der Waals surface area contributed by atoms with E-state index in [4.69, 9.17) is 18.9 Å². The summed E-state index contributed by atoms with van der Waals surface area (Å²) in [6.07, 6.45) is 6.50. The Labute approximate surface area is 171 Å². The van der Waals surface area contributed by atoms with Gasteiger partial charge in [0.05, 0.1) is 31.0 Å². The van der Waals surface area contributed by atoms with Gasteiger partial charge in [0.15, 0.2) is 0 Å². The maximum Gasteiger partial charge on any atom is 0.343 e. The maximum absolute atomic E-state index is 12.4. The van der Waals surface area contributed by atoms with Gasteiger partial charge in [-0.05, 0) is 80.1 Å². The molecule has 3 atom stereocenters. The number of fused-ring (bicyclic) bond motifs is 1. The summed E-state index contributed by atoms with van der Waals surface area (Å²) in [5.41, 5.74) is 0.493. The van der Waals surface area contributed by atoms with Crippen LogP contribution in [0, 0.1) is 5.92 Å². The number of hydrogen-bond donors (Lipinski definition) is 0. The highest BCUT2D eigenvalue weighted by atomic mass is 16.6. The molecule has 0 N–H and O–H groups in total. The van der Waals surface area contributed by atoms with Crippen LogP contribution in [0.5, 0.6) is 17.2 Å². The zero-order valence-corrected chi connectivity index (χ0v) is 16.8. The fraction of sp³-hybridized carbons (Fsp3) is 0.458. The van der Waals surface area contributed by atoms with E-state index in [1.165, 1.54) is 0 Å². The van der Waals surface area contributed by atoms with Gasteiger partial charge in [0.2, 0.25) is 0 Å². The molecule has 5 nitrogen and oxygen atoms in total. The number of rotatable bonds is 9. The van der Waals surface area contributed by atoms with Gasteiger partial charge >= 0.3 is 5.97 Å². The fourth-order valence-electron chi connectivity index (χ4n) is 3.64. The lowest BCUT2D eigenvalue weighted by Crippen LogP contribution is -2.19. The van der Waals surface area contributed by atoms with Crippen LogP contribution in [0.15, 0.2) is 48.5 Å². The van der Waals surface area contributed by atoms with Crippen molar-refractivity contribution in [3.63, 3.8) is 0 Å². The Morgan fingerprint density at radius 1 is 0.931 bits per heavy atom. The minimum atomic E-state index is -0.389. The van der Waals surface area contributed by atoms with Crippen LogP contribution in [0.1, 0.15) is 49.4 Å². The highest BCUT2D eigenvalue weighted by Gasteiger charge is 2.43. The minimum absolute atomic E-state index is 0.389. The van der Waals surface area contributed by atoms with E-state index in [1.54, 1.807) is 24.3 Å². The molecule has 0 radical (unpaired) electrons. The normalized spacial score (nSPS) is 22.4. The molecule has 0 bridgehead atoms. The Kier molecular flexibility index (Phi) is 6.35. The molecule has 1 saturated carbocycles. The summed E-state index contributed by atoms with van der Waals surface area (Å²) in [6, 6.07) is 14.2. The van der Waals surface area contributed by atoms with E-state index in [9.17, 15) is 4.79 Å². The summed E-state index contributed by atoms with van der Waals surface area (Å²) in [6.45, 7) is 3.52. The Bertz CT molecular complexity index is 799. The third-order valence-corrected chi connectivity index (χ3v) is 5.49. The summed E-state index contributed by atoms with van der Waals surface area (Å²) in [7, 11) is 0. The quantitative estimate of drug-likeness (QED) is 0.257. The van der Waals surface area contributed by atoms with Crippen LogP contribution < -0.4 is 14.2 Å². The average Bonchev–Trinajstić information content (AvgIpc) is 3.53. The van der Waals surface area contributed by atoms with Crippen LogP contribution in [0.4, 0.5) is 0 Å². The molecule has 3 unspecified atom stereocenters. The first-order valence-corrected chi connectivity index (χ1v) is 10.5. The second kappa shape index (κ2) is 9.31. The smallest absolute Gasteiger partial charge is 0.343 e. The molecule has 1 aliphatic heterocycles. The van der Waals surface area contributed by atoms with Gasteiger partial charge in [-0.25, -0.2) is 4.79 Å². The van der Waals surface area contributed by atoms with Crippen molar-refractivity contribution < 1.29 is 23.7 Å². The second-order valence-electron chi connectivity index (χ2n) is 7.79. The summed E-state index contributed by atoms with van der Waals surface area (Å²) < 4.78 is 22.5. The molecule has 2 aromatic rings. The first-order chi connectivity index (χ1) is 14.2. The third kappa shape index (κ3) is 5.51.